The minimum Gasteiger partial charge on any atom is -0.353 e. The summed E-state index contributed by atoms with van der Waals surface area (Å²) >= 11 is 5.47. The lowest BCUT2D eigenvalue weighted by Gasteiger charge is -2.32. The summed E-state index contributed by atoms with van der Waals surface area (Å²) in [5, 5.41) is 7.13. The Kier molecular flexibility index (Phi) is 4.62. The van der Waals surface area contributed by atoms with E-state index in [1.165, 1.54) is 36.1 Å². The number of thiocarbonyl (C=S) groups is 1. The number of nitrogens with one attached hydrogen (secondary N) is 2. The lowest BCUT2D eigenvalue weighted by molar-refractivity contribution is 0.408. The van der Waals surface area contributed by atoms with Gasteiger partial charge in [0.1, 0.15) is 5.82 Å². The smallest absolute Gasteiger partial charge is 0.171 e. The molecule has 0 amide bonds. The van der Waals surface area contributed by atoms with Gasteiger partial charge in [0, 0.05) is 5.69 Å². The molecule has 4 heteroatoms. The van der Waals surface area contributed by atoms with Crippen LogP contribution in [-0.4, -0.2) is 5.11 Å². The summed E-state index contributed by atoms with van der Waals surface area (Å²) in [5.74, 6) is -0.271. The molecule has 1 aliphatic carbocycles. The van der Waals surface area contributed by atoms with Gasteiger partial charge < -0.3 is 10.6 Å². The molecule has 0 aliphatic heterocycles. The van der Waals surface area contributed by atoms with Gasteiger partial charge in [0.15, 0.2) is 5.11 Å². The van der Waals surface area contributed by atoms with Crippen molar-refractivity contribution in [2.24, 2.45) is 0 Å². The van der Waals surface area contributed by atoms with E-state index in [-0.39, 0.29) is 11.4 Å². The zero-order chi connectivity index (χ0) is 16.3. The standard InChI is InChI=1S/C19H21FN2S/c1-14-7-9-15(10-8-14)19(11-2-3-12-19)22-18(23)21-17-6-4-5-16(20)13-17/h4-10,13H,2-3,11-12H2,1H3,(H2,21,22,23). The average molecular weight is 328 g/mol. The summed E-state index contributed by atoms with van der Waals surface area (Å²) < 4.78 is 13.3. The van der Waals surface area contributed by atoms with Crippen LogP contribution >= 0.6 is 12.2 Å². The monoisotopic (exact) mass is 328 g/mol. The SMILES string of the molecule is Cc1ccc(C2(NC(=S)Nc3cccc(F)c3)CCCC2)cc1. The van der Waals surface area contributed by atoms with Crippen molar-refractivity contribution in [3.8, 4) is 0 Å². The fourth-order valence-electron chi connectivity index (χ4n) is 3.28. The molecule has 2 nitrogen and oxygen atoms in total. The Morgan fingerprint density at radius 2 is 1.78 bits per heavy atom. The number of hydrogen-bond acceptors (Lipinski definition) is 1. The topological polar surface area (TPSA) is 24.1 Å². The molecule has 0 radical (unpaired) electrons. The molecule has 0 heterocycles. The van der Waals surface area contributed by atoms with Crippen molar-refractivity contribution in [2.75, 3.05) is 5.32 Å². The maximum Gasteiger partial charge on any atom is 0.171 e. The van der Waals surface area contributed by atoms with Crippen molar-refractivity contribution < 1.29 is 4.39 Å². The number of halogens is 1. The van der Waals surface area contributed by atoms with Gasteiger partial charge in [0.25, 0.3) is 0 Å². The molecular weight excluding hydrogens is 307 g/mol. The number of hydrogen-bond donors (Lipinski definition) is 2. The molecule has 2 N–H and O–H groups in total. The first-order valence-corrected chi connectivity index (χ1v) is 8.40. The van der Waals surface area contributed by atoms with Gasteiger partial charge in [-0.25, -0.2) is 4.39 Å². The second kappa shape index (κ2) is 6.67. The molecule has 1 aliphatic rings. The van der Waals surface area contributed by atoms with Crippen LogP contribution in [-0.2, 0) is 5.54 Å². The maximum atomic E-state index is 13.3. The van der Waals surface area contributed by atoms with Gasteiger partial charge in [-0.1, -0.05) is 48.7 Å². The Balaban J connectivity index is 1.77. The first-order valence-electron chi connectivity index (χ1n) is 7.99. The van der Waals surface area contributed by atoms with E-state index in [1.807, 2.05) is 6.07 Å². The molecule has 0 unspecified atom stereocenters. The summed E-state index contributed by atoms with van der Waals surface area (Å²) in [6.45, 7) is 2.09. The van der Waals surface area contributed by atoms with Gasteiger partial charge >= 0.3 is 0 Å². The first kappa shape index (κ1) is 15.9. The van der Waals surface area contributed by atoms with E-state index < -0.39 is 0 Å². The fraction of sp³-hybridized carbons (Fsp3) is 0.316. The predicted molar refractivity (Wildman–Crippen MR) is 97.1 cm³/mol. The third-order valence-corrected chi connectivity index (χ3v) is 4.70. The summed E-state index contributed by atoms with van der Waals surface area (Å²) in [6.07, 6.45) is 4.48. The molecule has 2 aromatic rings. The van der Waals surface area contributed by atoms with Crippen LogP contribution in [0.15, 0.2) is 48.5 Å². The zero-order valence-corrected chi connectivity index (χ0v) is 14.0. The Labute approximate surface area is 142 Å². The Bertz CT molecular complexity index is 691. The normalized spacial score (nSPS) is 16.1. The molecule has 23 heavy (non-hydrogen) atoms. The molecule has 0 saturated heterocycles. The van der Waals surface area contributed by atoms with Gasteiger partial charge in [0.2, 0.25) is 0 Å². The van der Waals surface area contributed by atoms with E-state index in [1.54, 1.807) is 6.07 Å². The molecule has 2 aromatic carbocycles. The first-order chi connectivity index (χ1) is 11.1. The maximum absolute atomic E-state index is 13.3. The third kappa shape index (κ3) is 3.70. The third-order valence-electron chi connectivity index (χ3n) is 4.50. The van der Waals surface area contributed by atoms with Crippen LogP contribution in [0.3, 0.4) is 0 Å². The van der Waals surface area contributed by atoms with Crippen LogP contribution in [0.1, 0.15) is 36.8 Å². The Morgan fingerprint density at radius 1 is 1.09 bits per heavy atom. The van der Waals surface area contributed by atoms with Gasteiger partial charge in [-0.15, -0.1) is 0 Å². The van der Waals surface area contributed by atoms with Crippen LogP contribution in [0, 0.1) is 12.7 Å². The van der Waals surface area contributed by atoms with E-state index in [0.29, 0.717) is 10.8 Å². The van der Waals surface area contributed by atoms with Gasteiger partial charge in [-0.05, 0) is 55.7 Å². The Hall–Kier alpha value is -1.94. The number of benzene rings is 2. The van der Waals surface area contributed by atoms with Gasteiger partial charge in [0.05, 0.1) is 5.54 Å². The number of aryl methyl sites for hydroxylation is 1. The molecule has 3 rings (SSSR count). The van der Waals surface area contributed by atoms with E-state index >= 15 is 0 Å². The van der Waals surface area contributed by atoms with E-state index in [4.69, 9.17) is 12.2 Å². The molecule has 120 valence electrons. The summed E-state index contributed by atoms with van der Waals surface area (Å²) in [7, 11) is 0. The highest BCUT2D eigenvalue weighted by Crippen LogP contribution is 2.38. The summed E-state index contributed by atoms with van der Waals surface area (Å²) in [6, 6.07) is 15.0. The lowest BCUT2D eigenvalue weighted by Crippen LogP contribution is -2.45. The van der Waals surface area contributed by atoms with Crippen molar-refractivity contribution in [3.63, 3.8) is 0 Å². The number of rotatable bonds is 3. The second-order valence-corrected chi connectivity index (χ2v) is 6.65. The van der Waals surface area contributed by atoms with Crippen molar-refractivity contribution >= 4 is 23.0 Å². The second-order valence-electron chi connectivity index (χ2n) is 6.24. The van der Waals surface area contributed by atoms with E-state index in [0.717, 1.165) is 12.8 Å². The summed E-state index contributed by atoms with van der Waals surface area (Å²) in [5.41, 5.74) is 3.07. The zero-order valence-electron chi connectivity index (χ0n) is 13.2. The van der Waals surface area contributed by atoms with Crippen LogP contribution in [0.4, 0.5) is 10.1 Å². The Morgan fingerprint density at radius 3 is 2.43 bits per heavy atom. The van der Waals surface area contributed by atoms with Gasteiger partial charge in [-0.2, -0.15) is 0 Å². The minimum absolute atomic E-state index is 0.120. The van der Waals surface area contributed by atoms with Crippen LogP contribution < -0.4 is 10.6 Å². The van der Waals surface area contributed by atoms with Crippen molar-refractivity contribution in [3.05, 3.63) is 65.5 Å². The van der Waals surface area contributed by atoms with Crippen LogP contribution in [0.5, 0.6) is 0 Å². The number of anilines is 1. The highest BCUT2D eigenvalue weighted by molar-refractivity contribution is 7.80. The largest absolute Gasteiger partial charge is 0.353 e. The highest BCUT2D eigenvalue weighted by Gasteiger charge is 2.36. The molecule has 0 bridgehead atoms. The van der Waals surface area contributed by atoms with Crippen molar-refractivity contribution in [1.29, 1.82) is 0 Å². The molecule has 0 aromatic heterocycles. The molecule has 1 saturated carbocycles. The average Bonchev–Trinajstić information content (AvgIpc) is 2.97. The molecule has 0 atom stereocenters. The van der Waals surface area contributed by atoms with Crippen molar-refractivity contribution in [1.82, 2.24) is 5.32 Å². The van der Waals surface area contributed by atoms with Gasteiger partial charge in [-0.3, -0.25) is 0 Å². The molecule has 0 spiro atoms. The molecule has 1 fully saturated rings. The highest BCUT2D eigenvalue weighted by atomic mass is 32.1. The minimum atomic E-state index is -0.271. The van der Waals surface area contributed by atoms with Crippen LogP contribution in [0.2, 0.25) is 0 Å². The quantitative estimate of drug-likeness (QED) is 0.785. The predicted octanol–water partition coefficient (Wildman–Crippen LogP) is 4.89. The summed E-state index contributed by atoms with van der Waals surface area (Å²) in [4.78, 5) is 0. The van der Waals surface area contributed by atoms with E-state index in [2.05, 4.69) is 41.8 Å². The molecular formula is C19H21FN2S. The lowest BCUT2D eigenvalue weighted by atomic mass is 9.88. The van der Waals surface area contributed by atoms with Crippen molar-refractivity contribution in [2.45, 2.75) is 38.1 Å². The fourth-order valence-corrected chi connectivity index (χ4v) is 3.60. The van der Waals surface area contributed by atoms with Crippen LogP contribution in [0.25, 0.3) is 0 Å². The van der Waals surface area contributed by atoms with E-state index in [9.17, 15) is 4.39 Å².